The second kappa shape index (κ2) is 11.2. The minimum absolute atomic E-state index is 0.167. The Kier molecular flexibility index (Phi) is 8.62. The molecule has 1 aromatic carbocycles. The number of piperazine rings is 1. The van der Waals surface area contributed by atoms with Crippen LogP contribution in [0.5, 0.6) is 0 Å². The van der Waals surface area contributed by atoms with Crippen LogP contribution in [0, 0.1) is 5.41 Å². The molecule has 1 aliphatic heterocycles. The van der Waals surface area contributed by atoms with Gasteiger partial charge in [-0.25, -0.2) is 9.97 Å². The van der Waals surface area contributed by atoms with Gasteiger partial charge < -0.3 is 20.3 Å². The zero-order valence-electron chi connectivity index (χ0n) is 17.9. The van der Waals surface area contributed by atoms with Gasteiger partial charge in [0.1, 0.15) is 22.6 Å². The van der Waals surface area contributed by atoms with Gasteiger partial charge in [0, 0.05) is 37.7 Å². The summed E-state index contributed by atoms with van der Waals surface area (Å²) < 4.78 is 6.20. The number of hydrogen-bond donors (Lipinski definition) is 2. The van der Waals surface area contributed by atoms with E-state index in [1.807, 2.05) is 26.2 Å². The van der Waals surface area contributed by atoms with Gasteiger partial charge in [0.15, 0.2) is 0 Å². The minimum Gasteiger partial charge on any atom is -0.383 e. The van der Waals surface area contributed by atoms with E-state index in [1.54, 1.807) is 0 Å². The van der Waals surface area contributed by atoms with Crippen LogP contribution in [0.1, 0.15) is 11.1 Å². The fraction of sp³-hybridized carbons (Fsp3) is 0.476. The predicted molar refractivity (Wildman–Crippen MR) is 129 cm³/mol. The van der Waals surface area contributed by atoms with E-state index in [-0.39, 0.29) is 10.7 Å². The maximum absolute atomic E-state index is 8.05. The zero-order chi connectivity index (χ0) is 22.4. The number of benzene rings is 1. The van der Waals surface area contributed by atoms with Crippen molar-refractivity contribution < 1.29 is 4.74 Å². The van der Waals surface area contributed by atoms with E-state index in [4.69, 9.17) is 27.5 Å². The van der Waals surface area contributed by atoms with Crippen molar-refractivity contribution in [1.82, 2.24) is 19.8 Å². The highest BCUT2D eigenvalue weighted by atomic mass is 79.9. The quantitative estimate of drug-likeness (QED) is 0.396. The Morgan fingerprint density at radius 2 is 2.03 bits per heavy atom. The van der Waals surface area contributed by atoms with Crippen molar-refractivity contribution in [2.45, 2.75) is 12.6 Å². The van der Waals surface area contributed by atoms with Crippen molar-refractivity contribution in [3.8, 4) is 0 Å². The average Bonchev–Trinajstić information content (AvgIpc) is 2.73. The summed E-state index contributed by atoms with van der Waals surface area (Å²) in [6.45, 7) is 5.31. The number of nitrogens with zero attached hydrogens (tertiary/aromatic N) is 5. The van der Waals surface area contributed by atoms with E-state index < -0.39 is 0 Å². The SMILES string of the molecule is CN(C)CCOCC1CN(c2ncnc(N)c2C(=N)Br)CCN1Cc1ccc(Cl)cc1. The molecular weight excluding hydrogens is 482 g/mol. The Labute approximate surface area is 197 Å². The van der Waals surface area contributed by atoms with Crippen LogP contribution in [0.2, 0.25) is 5.02 Å². The van der Waals surface area contributed by atoms with Crippen molar-refractivity contribution in [2.24, 2.45) is 0 Å². The van der Waals surface area contributed by atoms with E-state index in [2.05, 4.69) is 52.7 Å². The molecule has 1 aliphatic rings. The number of hydrogen-bond acceptors (Lipinski definition) is 8. The van der Waals surface area contributed by atoms with Crippen LogP contribution < -0.4 is 10.6 Å². The summed E-state index contributed by atoms with van der Waals surface area (Å²) in [6, 6.07) is 8.14. The first-order chi connectivity index (χ1) is 14.8. The van der Waals surface area contributed by atoms with Gasteiger partial charge in [-0.05, 0) is 47.7 Å². The Bertz CT molecular complexity index is 881. The summed E-state index contributed by atoms with van der Waals surface area (Å²) >= 11 is 9.28. The van der Waals surface area contributed by atoms with Crippen LogP contribution in [0.15, 0.2) is 30.6 Å². The summed E-state index contributed by atoms with van der Waals surface area (Å²) in [6.07, 6.45) is 1.45. The van der Waals surface area contributed by atoms with Crippen LogP contribution in [0.3, 0.4) is 0 Å². The second-order valence-corrected chi connectivity index (χ2v) is 9.08. The van der Waals surface area contributed by atoms with Crippen molar-refractivity contribution in [1.29, 1.82) is 5.41 Å². The van der Waals surface area contributed by atoms with Crippen molar-refractivity contribution >= 4 is 43.8 Å². The third kappa shape index (κ3) is 6.60. The molecule has 10 heteroatoms. The maximum Gasteiger partial charge on any atom is 0.144 e. The molecule has 3 rings (SSSR count). The highest BCUT2D eigenvalue weighted by Crippen LogP contribution is 2.27. The molecule has 1 fully saturated rings. The molecule has 0 spiro atoms. The van der Waals surface area contributed by atoms with Gasteiger partial charge in [-0.15, -0.1) is 0 Å². The number of aromatic nitrogens is 2. The fourth-order valence-corrected chi connectivity index (χ4v) is 4.09. The molecule has 8 nitrogen and oxygen atoms in total. The first-order valence-corrected chi connectivity index (χ1v) is 11.3. The fourth-order valence-electron chi connectivity index (χ4n) is 3.58. The predicted octanol–water partition coefficient (Wildman–Crippen LogP) is 2.70. The van der Waals surface area contributed by atoms with E-state index in [1.165, 1.54) is 11.9 Å². The zero-order valence-corrected chi connectivity index (χ0v) is 20.2. The smallest absolute Gasteiger partial charge is 0.144 e. The van der Waals surface area contributed by atoms with Crippen molar-refractivity contribution in [3.05, 3.63) is 46.7 Å². The molecular formula is C21H29BrClN7O. The molecule has 1 saturated heterocycles. The van der Waals surface area contributed by atoms with Crippen molar-refractivity contribution in [2.75, 3.05) is 64.1 Å². The number of anilines is 2. The standard InChI is InChI=1S/C21H29BrClN7O/c1-28(2)9-10-31-13-17-12-30(21-18(19(22)24)20(25)26-14-27-21)8-7-29(17)11-15-3-5-16(23)6-4-15/h3-6,14,17,24H,7-13H2,1-2H3,(H2,25,26,27). The molecule has 0 radical (unpaired) electrons. The highest BCUT2D eigenvalue weighted by molar-refractivity contribution is 9.18. The number of likely N-dealkylation sites (N-methyl/N-ethyl adjacent to an activating group) is 1. The average molecular weight is 511 g/mol. The van der Waals surface area contributed by atoms with E-state index >= 15 is 0 Å². The van der Waals surface area contributed by atoms with E-state index in [9.17, 15) is 0 Å². The molecule has 3 N–H and O–H groups in total. The summed E-state index contributed by atoms with van der Waals surface area (Å²) in [5.41, 5.74) is 7.77. The van der Waals surface area contributed by atoms with Crippen LogP contribution >= 0.6 is 27.5 Å². The molecule has 1 atom stereocenters. The van der Waals surface area contributed by atoms with Crippen LogP contribution in [0.25, 0.3) is 0 Å². The number of nitrogens with one attached hydrogen (secondary N) is 1. The molecule has 0 aliphatic carbocycles. The Balaban J connectivity index is 1.76. The lowest BCUT2D eigenvalue weighted by Gasteiger charge is -2.42. The monoisotopic (exact) mass is 509 g/mol. The molecule has 1 aromatic heterocycles. The maximum atomic E-state index is 8.05. The van der Waals surface area contributed by atoms with E-state index in [0.29, 0.717) is 30.4 Å². The number of ether oxygens (including phenoxy) is 1. The topological polar surface area (TPSA) is 94.6 Å². The van der Waals surface area contributed by atoms with Gasteiger partial charge in [0.2, 0.25) is 0 Å². The number of rotatable bonds is 9. The van der Waals surface area contributed by atoms with Crippen LogP contribution in [-0.2, 0) is 11.3 Å². The van der Waals surface area contributed by atoms with Gasteiger partial charge in [0.25, 0.3) is 0 Å². The summed E-state index contributed by atoms with van der Waals surface area (Å²) in [5.74, 6) is 0.980. The summed E-state index contributed by atoms with van der Waals surface area (Å²) in [4.78, 5) is 15.2. The molecule has 1 unspecified atom stereocenters. The molecule has 168 valence electrons. The van der Waals surface area contributed by atoms with Crippen LogP contribution in [-0.4, -0.2) is 83.9 Å². The third-order valence-electron chi connectivity index (χ3n) is 5.27. The van der Waals surface area contributed by atoms with Crippen molar-refractivity contribution in [3.63, 3.8) is 0 Å². The Morgan fingerprint density at radius 3 is 2.71 bits per heavy atom. The van der Waals surface area contributed by atoms with Gasteiger partial charge in [0.05, 0.1) is 24.8 Å². The molecule has 0 saturated carbocycles. The normalized spacial score (nSPS) is 17.3. The summed E-state index contributed by atoms with van der Waals surface area (Å²) in [5, 5.41) is 8.79. The number of halogens is 2. The second-order valence-electron chi connectivity index (χ2n) is 7.85. The first kappa shape index (κ1) is 23.9. The largest absolute Gasteiger partial charge is 0.383 e. The molecule has 31 heavy (non-hydrogen) atoms. The van der Waals surface area contributed by atoms with E-state index in [0.717, 1.165) is 37.7 Å². The number of nitrogens with two attached hydrogens (primary N) is 1. The molecule has 0 bridgehead atoms. The van der Waals surface area contributed by atoms with Gasteiger partial charge in [-0.2, -0.15) is 0 Å². The number of nitrogen functional groups attached to an aromatic ring is 1. The lowest BCUT2D eigenvalue weighted by atomic mass is 10.1. The first-order valence-electron chi connectivity index (χ1n) is 10.2. The Morgan fingerprint density at radius 1 is 1.29 bits per heavy atom. The van der Waals surface area contributed by atoms with Crippen LogP contribution in [0.4, 0.5) is 11.6 Å². The molecule has 2 aromatic rings. The van der Waals surface area contributed by atoms with Gasteiger partial charge in [-0.1, -0.05) is 23.7 Å². The minimum atomic E-state index is 0.167. The Hall–Kier alpha value is -1.78. The van der Waals surface area contributed by atoms with Gasteiger partial charge >= 0.3 is 0 Å². The van der Waals surface area contributed by atoms with Gasteiger partial charge in [-0.3, -0.25) is 10.3 Å². The third-order valence-corrected chi connectivity index (χ3v) is 5.92. The molecule has 0 amide bonds. The summed E-state index contributed by atoms with van der Waals surface area (Å²) in [7, 11) is 4.07. The lowest BCUT2D eigenvalue weighted by Crippen LogP contribution is -2.55. The molecule has 2 heterocycles. The highest BCUT2D eigenvalue weighted by Gasteiger charge is 2.30. The lowest BCUT2D eigenvalue weighted by molar-refractivity contribution is 0.0435.